The fraction of sp³-hybridized carbons (Fsp3) is 0.0385. The van der Waals surface area contributed by atoms with Crippen LogP contribution in [0, 0.1) is 36.5 Å². The van der Waals surface area contributed by atoms with Gasteiger partial charge in [-0.25, -0.2) is 0 Å². The Bertz CT molecular complexity index is 3440. The fourth-order valence-electron chi connectivity index (χ4n) is 8.93. The van der Waals surface area contributed by atoms with Crippen molar-refractivity contribution >= 4 is 77.2 Å². The van der Waals surface area contributed by atoms with Crippen LogP contribution in [0.2, 0.25) is 0 Å². The maximum Gasteiger partial charge on any atom is 0.0992 e. The molecule has 0 atom stereocenters. The van der Waals surface area contributed by atoms with Crippen molar-refractivity contribution in [3.63, 3.8) is 0 Å². The highest BCUT2D eigenvalue weighted by atomic mass is 32.2. The Morgan fingerprint density at radius 3 is 1.10 bits per heavy atom. The van der Waals surface area contributed by atoms with E-state index in [0.717, 1.165) is 48.9 Å². The van der Waals surface area contributed by atoms with Gasteiger partial charge in [-0.05, 0) is 98.8 Å². The van der Waals surface area contributed by atoms with Gasteiger partial charge in [0.2, 0.25) is 0 Å². The second-order valence-corrected chi connectivity index (χ2v) is 16.1. The number of hydrogen-bond donors (Lipinski definition) is 0. The van der Waals surface area contributed by atoms with E-state index in [1.54, 1.807) is 17.8 Å². The molecule has 58 heavy (non-hydrogen) atoms. The number of aromatic nitrogens is 3. The lowest BCUT2D eigenvalue weighted by atomic mass is 10.0. The van der Waals surface area contributed by atoms with E-state index in [1.807, 2.05) is 12.1 Å². The normalized spacial score (nSPS) is 11.7. The van der Waals surface area contributed by atoms with Gasteiger partial charge in [0.15, 0.2) is 0 Å². The minimum absolute atomic E-state index is 0.478. The van der Waals surface area contributed by atoms with Gasteiger partial charge in [-0.2, -0.15) is 10.5 Å². The molecule has 5 nitrogen and oxygen atoms in total. The summed E-state index contributed by atoms with van der Waals surface area (Å²) < 4.78 is 7.41. The summed E-state index contributed by atoms with van der Waals surface area (Å²) in [5.41, 5.74) is 13.6. The predicted molar refractivity (Wildman–Crippen MR) is 239 cm³/mol. The Hall–Kier alpha value is -7.51. The first-order valence-electron chi connectivity index (χ1n) is 19.3. The van der Waals surface area contributed by atoms with E-state index in [2.05, 4.69) is 185 Å². The number of nitrogens with zero attached hydrogens (tertiary/aromatic N) is 5. The van der Waals surface area contributed by atoms with Gasteiger partial charge in [-0.15, -0.1) is 0 Å². The molecule has 11 rings (SSSR count). The molecule has 0 radical (unpaired) electrons. The first kappa shape index (κ1) is 33.8. The third-order valence-corrected chi connectivity index (χ3v) is 12.4. The van der Waals surface area contributed by atoms with Gasteiger partial charge in [0.1, 0.15) is 0 Å². The molecule has 0 N–H and O–H groups in total. The second kappa shape index (κ2) is 13.0. The summed E-state index contributed by atoms with van der Waals surface area (Å²) >= 11 is 1.55. The lowest BCUT2D eigenvalue weighted by molar-refractivity contribution is 1.16. The Morgan fingerprint density at radius 1 is 0.397 bits per heavy atom. The second-order valence-electron chi connectivity index (χ2n) is 15.0. The smallest absolute Gasteiger partial charge is 0.0992 e. The lowest BCUT2D eigenvalue weighted by Crippen LogP contribution is -1.98. The van der Waals surface area contributed by atoms with Crippen LogP contribution in [0.1, 0.15) is 22.3 Å². The van der Waals surface area contributed by atoms with Crippen LogP contribution in [0.25, 0.3) is 82.5 Å². The van der Waals surface area contributed by atoms with E-state index in [1.165, 1.54) is 54.5 Å². The molecule has 0 aliphatic heterocycles. The maximum absolute atomic E-state index is 9.61. The number of aryl methyl sites for hydroxylation is 2. The summed E-state index contributed by atoms with van der Waals surface area (Å²) in [6.45, 7) is 4.28. The number of hydrogen-bond acceptors (Lipinski definition) is 3. The van der Waals surface area contributed by atoms with E-state index >= 15 is 0 Å². The van der Waals surface area contributed by atoms with E-state index in [-0.39, 0.29) is 0 Å². The van der Waals surface area contributed by atoms with Gasteiger partial charge in [-0.1, -0.05) is 102 Å². The van der Waals surface area contributed by atoms with Crippen molar-refractivity contribution in [3.8, 4) is 29.2 Å². The van der Waals surface area contributed by atoms with Crippen LogP contribution < -0.4 is 0 Å². The van der Waals surface area contributed by atoms with E-state index in [4.69, 9.17) is 0 Å². The molecule has 0 saturated heterocycles. The Balaban J connectivity index is 1.31. The Kier molecular flexibility index (Phi) is 7.59. The monoisotopic (exact) mass is 759 g/mol. The molecule has 272 valence electrons. The van der Waals surface area contributed by atoms with Crippen LogP contribution in [-0.4, -0.2) is 13.7 Å². The van der Waals surface area contributed by atoms with Crippen LogP contribution in [0.3, 0.4) is 0 Å². The van der Waals surface area contributed by atoms with Gasteiger partial charge >= 0.3 is 0 Å². The molecule has 3 aromatic heterocycles. The summed E-state index contributed by atoms with van der Waals surface area (Å²) in [5.74, 6) is 0. The van der Waals surface area contributed by atoms with Crippen molar-refractivity contribution in [2.45, 2.75) is 23.6 Å². The average molecular weight is 760 g/mol. The summed E-state index contributed by atoms with van der Waals surface area (Å²) in [6.07, 6.45) is 0. The number of nitriles is 2. The van der Waals surface area contributed by atoms with Crippen molar-refractivity contribution in [2.75, 3.05) is 0 Å². The molecule has 0 amide bonds. The molecular formula is C52H33N5S. The summed E-state index contributed by atoms with van der Waals surface area (Å²) in [4.78, 5) is 1.88. The largest absolute Gasteiger partial charge is 0.308 e. The molecule has 6 heteroatoms. The standard InChI is InChI=1S/C52H33N5S/c1-32-15-19-36(20-16-32)55-44-12-6-3-9-41(44)47-50-48(42-10-4-7-13-45(42)56(50)37-21-17-33(2)18-22-37)52-49(51(47)55)43-11-5-8-14-46(43)57(52)38-23-25-39(26-24-38)58-40-28-34(30-53)27-35(29-40)31-54/h3-29H,1-2H3. The van der Waals surface area contributed by atoms with E-state index < -0.39 is 0 Å². The van der Waals surface area contributed by atoms with Crippen LogP contribution >= 0.6 is 11.8 Å². The van der Waals surface area contributed by atoms with E-state index in [9.17, 15) is 10.5 Å². The SMILES string of the molecule is Cc1ccc(-n2c3ccccc3c3c2c2c4ccccc4n(-c4ccc(Sc5cc(C#N)cc(C#N)c5)cc4)c2c2c4ccccc4n(-c4ccc(C)cc4)c32)cc1. The quantitative estimate of drug-likeness (QED) is 0.176. The Morgan fingerprint density at radius 2 is 0.741 bits per heavy atom. The number of rotatable bonds is 5. The van der Waals surface area contributed by atoms with E-state index in [0.29, 0.717) is 11.1 Å². The minimum atomic E-state index is 0.478. The van der Waals surface area contributed by atoms with Crippen molar-refractivity contribution < 1.29 is 0 Å². The number of benzene rings is 8. The summed E-state index contributed by atoms with van der Waals surface area (Å²) in [5, 5.41) is 26.4. The van der Waals surface area contributed by atoms with Gasteiger partial charge < -0.3 is 13.7 Å². The molecule has 8 aromatic carbocycles. The minimum Gasteiger partial charge on any atom is -0.308 e. The van der Waals surface area contributed by atoms with Gasteiger partial charge in [-0.3, -0.25) is 0 Å². The first-order chi connectivity index (χ1) is 28.5. The van der Waals surface area contributed by atoms with Gasteiger partial charge in [0.25, 0.3) is 0 Å². The molecule has 0 bridgehead atoms. The molecule has 0 aliphatic carbocycles. The fourth-order valence-corrected chi connectivity index (χ4v) is 9.84. The van der Waals surface area contributed by atoms with Crippen LogP contribution in [0.15, 0.2) is 174 Å². The molecule has 0 unspecified atom stereocenters. The zero-order chi connectivity index (χ0) is 39.1. The number of para-hydroxylation sites is 3. The molecule has 0 aliphatic rings. The van der Waals surface area contributed by atoms with Crippen LogP contribution in [0.5, 0.6) is 0 Å². The highest BCUT2D eigenvalue weighted by Gasteiger charge is 2.28. The zero-order valence-electron chi connectivity index (χ0n) is 31.7. The van der Waals surface area contributed by atoms with Crippen molar-refractivity contribution in [3.05, 3.63) is 186 Å². The maximum atomic E-state index is 9.61. The molecular weight excluding hydrogens is 727 g/mol. The molecule has 11 aromatic rings. The first-order valence-corrected chi connectivity index (χ1v) is 20.1. The third-order valence-electron chi connectivity index (χ3n) is 11.4. The van der Waals surface area contributed by atoms with Crippen LogP contribution in [0.4, 0.5) is 0 Å². The zero-order valence-corrected chi connectivity index (χ0v) is 32.5. The summed E-state index contributed by atoms with van der Waals surface area (Å²) in [6, 6.07) is 62.6. The molecule has 0 fully saturated rings. The van der Waals surface area contributed by atoms with Crippen LogP contribution in [-0.2, 0) is 0 Å². The number of fused-ring (bicyclic) bond motifs is 12. The summed E-state index contributed by atoms with van der Waals surface area (Å²) in [7, 11) is 0. The lowest BCUT2D eigenvalue weighted by Gasteiger charge is -2.14. The highest BCUT2D eigenvalue weighted by Crippen LogP contribution is 2.50. The molecule has 3 heterocycles. The Labute approximate surface area is 338 Å². The third kappa shape index (κ3) is 5.03. The average Bonchev–Trinajstić information content (AvgIpc) is 3.90. The van der Waals surface area contributed by atoms with Crippen molar-refractivity contribution in [1.82, 2.24) is 13.7 Å². The topological polar surface area (TPSA) is 62.4 Å². The predicted octanol–water partition coefficient (Wildman–Crippen LogP) is 13.5. The highest BCUT2D eigenvalue weighted by molar-refractivity contribution is 7.99. The van der Waals surface area contributed by atoms with Gasteiger partial charge in [0.05, 0.1) is 56.4 Å². The van der Waals surface area contributed by atoms with Crippen molar-refractivity contribution in [1.29, 1.82) is 10.5 Å². The van der Waals surface area contributed by atoms with Crippen molar-refractivity contribution in [2.24, 2.45) is 0 Å². The molecule has 0 saturated carbocycles. The molecule has 0 spiro atoms. The van der Waals surface area contributed by atoms with Gasteiger partial charge in [0, 0.05) is 59.2 Å².